The fraction of sp³-hybridized carbons (Fsp3) is 0.414. The highest BCUT2D eigenvalue weighted by molar-refractivity contribution is 7.90. The van der Waals surface area contributed by atoms with E-state index in [9.17, 15) is 26.7 Å². The number of fused-ring (bicyclic) bond motifs is 1. The third-order valence-corrected chi connectivity index (χ3v) is 9.60. The first-order chi connectivity index (χ1) is 20.8. The Bertz CT molecular complexity index is 1760. The highest BCUT2D eigenvalue weighted by atomic mass is 35.5. The number of nitrogens with zero attached hydrogens (tertiary/aromatic N) is 4. The molecule has 3 atom stereocenters. The number of likely N-dealkylation sites (N-methyl/N-ethyl adjacent to an activating group) is 1. The summed E-state index contributed by atoms with van der Waals surface area (Å²) in [4.78, 5) is 15.1. The maximum absolute atomic E-state index is 13.1. The number of methoxy groups -OCH3 is 2. The van der Waals surface area contributed by atoms with E-state index in [0.717, 1.165) is 28.7 Å². The fourth-order valence-electron chi connectivity index (χ4n) is 5.41. The minimum Gasteiger partial charge on any atom is -0.494 e. The van der Waals surface area contributed by atoms with Gasteiger partial charge in [0.15, 0.2) is 20.6 Å². The molecule has 3 heterocycles. The summed E-state index contributed by atoms with van der Waals surface area (Å²) in [6.07, 6.45) is -2.45. The molecule has 5 rings (SSSR count). The van der Waals surface area contributed by atoms with E-state index in [0.29, 0.717) is 41.0 Å². The number of hydrogen-bond donors (Lipinski definition) is 2. The minimum absolute atomic E-state index is 0. The maximum atomic E-state index is 13.1. The zero-order valence-electron chi connectivity index (χ0n) is 24.8. The Morgan fingerprint density at radius 2 is 1.80 bits per heavy atom. The second-order valence-electron chi connectivity index (χ2n) is 10.8. The number of sulfone groups is 1. The molecule has 1 fully saturated rings. The van der Waals surface area contributed by atoms with Crippen LogP contribution in [0.2, 0.25) is 0 Å². The van der Waals surface area contributed by atoms with Gasteiger partial charge >= 0.3 is 12.2 Å². The van der Waals surface area contributed by atoms with Gasteiger partial charge in [0.05, 0.1) is 38.2 Å². The third kappa shape index (κ3) is 7.95. The molecule has 45 heavy (non-hydrogen) atoms. The van der Waals surface area contributed by atoms with Crippen LogP contribution in [0.1, 0.15) is 23.3 Å². The normalized spacial score (nSPS) is 18.5. The van der Waals surface area contributed by atoms with Gasteiger partial charge in [0.1, 0.15) is 10.6 Å². The zero-order chi connectivity index (χ0) is 31.8. The van der Waals surface area contributed by atoms with Gasteiger partial charge in [-0.25, -0.2) is 13.4 Å². The van der Waals surface area contributed by atoms with Gasteiger partial charge in [0.25, 0.3) is 0 Å². The van der Waals surface area contributed by atoms with Crippen molar-refractivity contribution in [1.82, 2.24) is 20.3 Å². The molecule has 1 aromatic carbocycles. The number of hydrogen-bond acceptors (Lipinski definition) is 11. The number of thiophene rings is 1. The van der Waals surface area contributed by atoms with Gasteiger partial charge in [-0.05, 0) is 36.1 Å². The lowest BCUT2D eigenvalue weighted by Gasteiger charge is -2.28. The van der Waals surface area contributed by atoms with Crippen molar-refractivity contribution in [2.45, 2.75) is 55.2 Å². The number of pyridine rings is 1. The van der Waals surface area contributed by atoms with E-state index < -0.39 is 28.5 Å². The molecule has 0 spiro atoms. The third-order valence-electron chi connectivity index (χ3n) is 7.56. The molecule has 0 saturated heterocycles. The number of rotatable bonds is 10. The molecule has 0 bridgehead atoms. The molecule has 0 radical (unpaired) electrons. The Hall–Kier alpha value is -3.24. The predicted octanol–water partition coefficient (Wildman–Crippen LogP) is 4.82. The molecule has 0 amide bonds. The number of aliphatic hydroxyl groups excluding tert-OH is 1. The number of ether oxygens (including phenoxy) is 2. The summed E-state index contributed by atoms with van der Waals surface area (Å²) < 4.78 is 73.5. The van der Waals surface area contributed by atoms with Crippen LogP contribution in [0.25, 0.3) is 21.3 Å². The minimum atomic E-state index is -4.35. The molecule has 1 aliphatic carbocycles. The highest BCUT2D eigenvalue weighted by Crippen LogP contribution is 2.37. The maximum Gasteiger partial charge on any atom is 0.393 e. The molecule has 3 aromatic heterocycles. The lowest BCUT2D eigenvalue weighted by Crippen LogP contribution is -2.38. The van der Waals surface area contributed by atoms with Crippen molar-refractivity contribution in [3.63, 3.8) is 0 Å². The molecule has 244 valence electrons. The summed E-state index contributed by atoms with van der Waals surface area (Å²) in [6, 6.07) is 10.5. The van der Waals surface area contributed by atoms with Gasteiger partial charge in [0, 0.05) is 42.5 Å². The van der Waals surface area contributed by atoms with Crippen molar-refractivity contribution in [3.8, 4) is 22.9 Å². The molecule has 10 nitrogen and oxygen atoms in total. The smallest absolute Gasteiger partial charge is 0.393 e. The molecular weight excluding hydrogens is 655 g/mol. The van der Waals surface area contributed by atoms with E-state index in [-0.39, 0.29) is 46.2 Å². The first-order valence-corrected chi connectivity index (χ1v) is 16.4. The van der Waals surface area contributed by atoms with Crippen LogP contribution in [0.4, 0.5) is 19.0 Å². The van der Waals surface area contributed by atoms with E-state index in [1.54, 1.807) is 18.0 Å². The number of anilines is 1. The lowest BCUT2D eigenvalue weighted by atomic mass is 10.1. The van der Waals surface area contributed by atoms with Crippen LogP contribution >= 0.6 is 23.7 Å². The zero-order valence-corrected chi connectivity index (χ0v) is 27.3. The predicted molar refractivity (Wildman–Crippen MR) is 168 cm³/mol. The number of alkyl halides is 3. The van der Waals surface area contributed by atoms with Crippen LogP contribution in [0, 0.1) is 0 Å². The number of benzene rings is 1. The Morgan fingerprint density at radius 3 is 2.42 bits per heavy atom. The van der Waals surface area contributed by atoms with E-state index in [4.69, 9.17) is 9.47 Å². The second kappa shape index (κ2) is 13.6. The van der Waals surface area contributed by atoms with E-state index in [1.807, 2.05) is 24.3 Å². The van der Waals surface area contributed by atoms with E-state index >= 15 is 0 Å². The van der Waals surface area contributed by atoms with Crippen LogP contribution in [0.15, 0.2) is 47.6 Å². The fourth-order valence-corrected chi connectivity index (χ4v) is 7.20. The average Bonchev–Trinajstić information content (AvgIpc) is 3.55. The van der Waals surface area contributed by atoms with Crippen molar-refractivity contribution in [2.24, 2.45) is 0 Å². The van der Waals surface area contributed by atoms with Crippen LogP contribution in [0.3, 0.4) is 0 Å². The van der Waals surface area contributed by atoms with Crippen LogP contribution in [-0.4, -0.2) is 80.4 Å². The summed E-state index contributed by atoms with van der Waals surface area (Å²) in [5.74, 6) is 0.587. The quantitative estimate of drug-likeness (QED) is 0.240. The Labute approximate surface area is 269 Å². The molecule has 0 aliphatic heterocycles. The summed E-state index contributed by atoms with van der Waals surface area (Å²) in [7, 11) is 1.03. The van der Waals surface area contributed by atoms with Gasteiger partial charge in [-0.15, -0.1) is 23.7 Å². The standard InChI is InChI=1S/C29H32F3N5O5S2.ClH/c1-37(25-21-12-20(13-29(30,31)32)43-26(21)36-28(35-25)42-3)22-10-19(11-23(22)38)33-14-16-5-7-17(8-6-16)18-9-24(41-2)27(34-15-18)44(4,39)40;/h5-9,12,15,19,22-23,33,38H,10-11,13-14H2,1-4H3;1H/t19-,22+,23-;/m1./s1. The van der Waals surface area contributed by atoms with Crippen molar-refractivity contribution < 1.29 is 36.2 Å². The van der Waals surface area contributed by atoms with Gasteiger partial charge < -0.3 is 24.8 Å². The van der Waals surface area contributed by atoms with Gasteiger partial charge in [-0.2, -0.15) is 23.1 Å². The first-order valence-electron chi connectivity index (χ1n) is 13.6. The first kappa shape index (κ1) is 34.6. The largest absolute Gasteiger partial charge is 0.494 e. The summed E-state index contributed by atoms with van der Waals surface area (Å²) in [6.45, 7) is 0.541. The molecule has 2 N–H and O–H groups in total. The number of halogens is 4. The highest BCUT2D eigenvalue weighted by Gasteiger charge is 2.37. The van der Waals surface area contributed by atoms with Gasteiger partial charge in [-0.3, -0.25) is 0 Å². The van der Waals surface area contributed by atoms with E-state index in [1.165, 1.54) is 26.5 Å². The van der Waals surface area contributed by atoms with Crippen molar-refractivity contribution >= 4 is 49.6 Å². The molecule has 4 aromatic rings. The average molecular weight is 688 g/mol. The lowest BCUT2D eigenvalue weighted by molar-refractivity contribution is -0.126. The number of nitrogens with one attached hydrogen (secondary N) is 1. The van der Waals surface area contributed by atoms with Crippen molar-refractivity contribution in [1.29, 1.82) is 0 Å². The van der Waals surface area contributed by atoms with Crippen LogP contribution in [-0.2, 0) is 22.8 Å². The molecule has 0 unspecified atom stereocenters. The second-order valence-corrected chi connectivity index (χ2v) is 13.8. The SMILES string of the molecule is COc1nc(N(C)[C@H]2C[C@@H](NCc3ccc(-c4cnc(S(C)(=O)=O)c(OC)c4)cc3)C[C@H]2O)c2cc(CC(F)(F)F)sc2n1.Cl. The van der Waals surface area contributed by atoms with Crippen LogP contribution in [0.5, 0.6) is 11.8 Å². The van der Waals surface area contributed by atoms with Gasteiger partial charge in [0.2, 0.25) is 0 Å². The molecule has 1 aliphatic rings. The number of aliphatic hydroxyl groups is 1. The summed E-state index contributed by atoms with van der Waals surface area (Å²) in [5, 5.41) is 14.8. The number of aromatic nitrogens is 3. The summed E-state index contributed by atoms with van der Waals surface area (Å²) in [5.41, 5.74) is 2.56. The Morgan fingerprint density at radius 1 is 1.09 bits per heavy atom. The van der Waals surface area contributed by atoms with Gasteiger partial charge in [-0.1, -0.05) is 24.3 Å². The Balaban J connectivity index is 0.00000461. The van der Waals surface area contributed by atoms with Crippen LogP contribution < -0.4 is 19.7 Å². The molecular formula is C29H33ClF3N5O5S2. The summed E-state index contributed by atoms with van der Waals surface area (Å²) >= 11 is 0.951. The molecule has 16 heteroatoms. The van der Waals surface area contributed by atoms with Crippen molar-refractivity contribution in [3.05, 3.63) is 53.0 Å². The molecule has 1 saturated carbocycles. The topological polar surface area (TPSA) is 127 Å². The van der Waals surface area contributed by atoms with Crippen molar-refractivity contribution in [2.75, 3.05) is 32.4 Å². The monoisotopic (exact) mass is 687 g/mol. The Kier molecular flexibility index (Phi) is 10.5. The van der Waals surface area contributed by atoms with E-state index in [2.05, 4.69) is 20.3 Å².